The molecule has 0 radical (unpaired) electrons. The summed E-state index contributed by atoms with van der Waals surface area (Å²) in [7, 11) is 0. The zero-order valence-electron chi connectivity index (χ0n) is 20.3. The summed E-state index contributed by atoms with van der Waals surface area (Å²) >= 11 is 0. The number of hydrogen-bond donors (Lipinski definition) is 2. The first-order valence-corrected chi connectivity index (χ1v) is 12.5. The first kappa shape index (κ1) is 25.0. The number of piperidine rings is 1. The van der Waals surface area contributed by atoms with Crippen LogP contribution >= 0.6 is 0 Å². The highest BCUT2D eigenvalue weighted by Crippen LogP contribution is 2.40. The van der Waals surface area contributed by atoms with Crippen LogP contribution in [0.4, 0.5) is 20.4 Å². The lowest BCUT2D eigenvalue weighted by Gasteiger charge is -2.28. The number of nitrogens with one attached hydrogen (secondary N) is 2. The second-order valence-corrected chi connectivity index (χ2v) is 9.68. The molecule has 2 aliphatic rings. The first-order chi connectivity index (χ1) is 17.6. The van der Waals surface area contributed by atoms with E-state index >= 15 is 0 Å². The zero-order chi connectivity index (χ0) is 24.5. The van der Waals surface area contributed by atoms with Gasteiger partial charge in [0.05, 0.1) is 23.6 Å². The van der Waals surface area contributed by atoms with Crippen LogP contribution in [0.2, 0.25) is 0 Å². The lowest BCUT2D eigenvalue weighted by atomic mass is 9.78. The average Bonchev–Trinajstić information content (AvgIpc) is 2.85. The van der Waals surface area contributed by atoms with Crippen LogP contribution in [0.5, 0.6) is 0 Å². The van der Waals surface area contributed by atoms with Crippen molar-refractivity contribution in [3.05, 3.63) is 65.9 Å². The maximum atomic E-state index is 14.1. The molecule has 1 aliphatic carbocycles. The lowest BCUT2D eigenvalue weighted by molar-refractivity contribution is 0.370. The molecule has 6 rings (SSSR count). The van der Waals surface area contributed by atoms with Crippen molar-refractivity contribution >= 4 is 22.5 Å². The largest absolute Gasteiger partial charge is 0.412 e. The number of aromatic nitrogens is 5. The van der Waals surface area contributed by atoms with E-state index in [0.29, 0.717) is 23.5 Å². The second-order valence-electron chi connectivity index (χ2n) is 9.68. The molecule has 0 atom stereocenters. The molecule has 4 aromatic rings. The van der Waals surface area contributed by atoms with Crippen LogP contribution in [0.15, 0.2) is 43.0 Å². The number of halogens is 2. The van der Waals surface area contributed by atoms with Gasteiger partial charge in [-0.05, 0) is 74.7 Å². The SMILES string of the molecule is Fc1cnc(Nc2cc(-c3nc(CC4CCNCC4)c4c(C5CCC5)cncc4n3)ccn2)c(F)c1.O. The van der Waals surface area contributed by atoms with Crippen LogP contribution < -0.4 is 10.6 Å². The molecule has 0 bridgehead atoms. The Morgan fingerprint density at radius 1 is 0.973 bits per heavy atom. The first-order valence-electron chi connectivity index (χ1n) is 12.5. The topological polar surface area (TPSA) is 120 Å². The van der Waals surface area contributed by atoms with Crippen molar-refractivity contribution in [2.75, 3.05) is 18.4 Å². The van der Waals surface area contributed by atoms with Crippen LogP contribution in [0.25, 0.3) is 22.3 Å². The van der Waals surface area contributed by atoms with Gasteiger partial charge in [-0.2, -0.15) is 0 Å². The molecule has 4 aromatic heterocycles. The highest BCUT2D eigenvalue weighted by atomic mass is 19.1. The van der Waals surface area contributed by atoms with Crippen molar-refractivity contribution < 1.29 is 14.3 Å². The number of nitrogens with zero attached hydrogens (tertiary/aromatic N) is 5. The van der Waals surface area contributed by atoms with Gasteiger partial charge < -0.3 is 16.1 Å². The molecule has 37 heavy (non-hydrogen) atoms. The maximum absolute atomic E-state index is 14.1. The zero-order valence-corrected chi connectivity index (χ0v) is 20.3. The summed E-state index contributed by atoms with van der Waals surface area (Å²) in [6.07, 6.45) is 13.2. The van der Waals surface area contributed by atoms with Gasteiger partial charge in [0.15, 0.2) is 17.5 Å². The minimum atomic E-state index is -0.789. The number of anilines is 2. The van der Waals surface area contributed by atoms with Crippen LogP contribution in [0.1, 0.15) is 49.3 Å². The Labute approximate surface area is 213 Å². The van der Waals surface area contributed by atoms with Gasteiger partial charge in [0, 0.05) is 29.4 Å². The molecular weight excluding hydrogens is 476 g/mol. The molecule has 2 fully saturated rings. The Kier molecular flexibility index (Phi) is 7.29. The van der Waals surface area contributed by atoms with Crippen molar-refractivity contribution in [1.29, 1.82) is 0 Å². The predicted octanol–water partition coefficient (Wildman–Crippen LogP) is 4.49. The number of fused-ring (bicyclic) bond motifs is 1. The standard InChI is InChI=1S/C27H27F2N7.H2O/c28-19-12-21(29)27(33-13-19)36-24-11-18(6-9-32-24)26-34-22(10-16-4-7-30-8-5-16)25-20(17-2-1-3-17)14-31-15-23(25)35-26;/h6,9,11-17,30H,1-5,7-8,10H2,(H,32,33,36);1H2. The van der Waals surface area contributed by atoms with E-state index in [1.165, 1.54) is 24.8 Å². The molecule has 10 heteroatoms. The summed E-state index contributed by atoms with van der Waals surface area (Å²) in [5.74, 6) is 0.427. The summed E-state index contributed by atoms with van der Waals surface area (Å²) in [6.45, 7) is 2.07. The molecule has 1 saturated carbocycles. The summed E-state index contributed by atoms with van der Waals surface area (Å²) in [5, 5.41) is 7.43. The smallest absolute Gasteiger partial charge is 0.168 e. The molecule has 0 amide bonds. The van der Waals surface area contributed by atoms with Gasteiger partial charge >= 0.3 is 0 Å². The fourth-order valence-corrected chi connectivity index (χ4v) is 5.12. The minimum Gasteiger partial charge on any atom is -0.412 e. The third-order valence-corrected chi connectivity index (χ3v) is 7.27. The van der Waals surface area contributed by atoms with Crippen molar-refractivity contribution in [3.63, 3.8) is 0 Å². The van der Waals surface area contributed by atoms with Gasteiger partial charge in [-0.25, -0.2) is 28.7 Å². The van der Waals surface area contributed by atoms with E-state index in [0.717, 1.165) is 66.8 Å². The van der Waals surface area contributed by atoms with Crippen LogP contribution in [0, 0.1) is 17.6 Å². The summed E-state index contributed by atoms with van der Waals surface area (Å²) in [5.41, 5.74) is 3.94. The quantitative estimate of drug-likeness (QED) is 0.396. The molecule has 0 unspecified atom stereocenters. The van der Waals surface area contributed by atoms with Gasteiger partial charge in [0.2, 0.25) is 0 Å². The van der Waals surface area contributed by atoms with Crippen molar-refractivity contribution in [3.8, 4) is 11.4 Å². The molecule has 192 valence electrons. The summed E-state index contributed by atoms with van der Waals surface area (Å²) < 4.78 is 27.4. The van der Waals surface area contributed by atoms with Crippen LogP contribution in [-0.4, -0.2) is 43.5 Å². The number of rotatable bonds is 6. The Bertz CT molecular complexity index is 1410. The Morgan fingerprint density at radius 3 is 2.57 bits per heavy atom. The van der Waals surface area contributed by atoms with Gasteiger partial charge in [0.25, 0.3) is 0 Å². The second kappa shape index (κ2) is 10.8. The highest BCUT2D eigenvalue weighted by molar-refractivity contribution is 5.86. The molecule has 0 aromatic carbocycles. The van der Waals surface area contributed by atoms with E-state index in [1.807, 2.05) is 18.5 Å². The minimum absolute atomic E-state index is 0. The van der Waals surface area contributed by atoms with Crippen LogP contribution in [0.3, 0.4) is 0 Å². The predicted molar refractivity (Wildman–Crippen MR) is 138 cm³/mol. The number of hydrogen-bond acceptors (Lipinski definition) is 7. The average molecular weight is 506 g/mol. The van der Waals surface area contributed by atoms with Gasteiger partial charge in [0.1, 0.15) is 11.6 Å². The molecular formula is C27H29F2N7O. The molecule has 8 nitrogen and oxygen atoms in total. The third-order valence-electron chi connectivity index (χ3n) is 7.27. The van der Waals surface area contributed by atoms with Crippen molar-refractivity contribution in [1.82, 2.24) is 30.2 Å². The fourth-order valence-electron chi connectivity index (χ4n) is 5.12. The van der Waals surface area contributed by atoms with E-state index in [1.54, 1.807) is 12.3 Å². The molecule has 1 saturated heterocycles. The summed E-state index contributed by atoms with van der Waals surface area (Å²) in [6, 6.07) is 4.37. The maximum Gasteiger partial charge on any atom is 0.168 e. The summed E-state index contributed by atoms with van der Waals surface area (Å²) in [4.78, 5) is 22.6. The monoisotopic (exact) mass is 505 g/mol. The number of pyridine rings is 3. The van der Waals surface area contributed by atoms with Crippen LogP contribution in [-0.2, 0) is 6.42 Å². The van der Waals surface area contributed by atoms with Gasteiger partial charge in [-0.15, -0.1) is 0 Å². The van der Waals surface area contributed by atoms with Gasteiger partial charge in [-0.1, -0.05) is 6.42 Å². The third kappa shape index (κ3) is 5.26. The fraction of sp³-hybridized carbons (Fsp3) is 0.370. The molecule has 1 aliphatic heterocycles. The van der Waals surface area contributed by atoms with E-state index in [4.69, 9.17) is 9.97 Å². The lowest BCUT2D eigenvalue weighted by Crippen LogP contribution is -2.29. The van der Waals surface area contributed by atoms with E-state index < -0.39 is 11.6 Å². The Morgan fingerprint density at radius 2 is 1.81 bits per heavy atom. The van der Waals surface area contributed by atoms with Crippen molar-refractivity contribution in [2.24, 2.45) is 5.92 Å². The Balaban J connectivity index is 0.00000280. The van der Waals surface area contributed by atoms with E-state index in [2.05, 4.69) is 25.6 Å². The van der Waals surface area contributed by atoms with Crippen molar-refractivity contribution in [2.45, 2.75) is 44.4 Å². The van der Waals surface area contributed by atoms with E-state index in [-0.39, 0.29) is 11.3 Å². The van der Waals surface area contributed by atoms with Gasteiger partial charge in [-0.3, -0.25) is 4.98 Å². The van der Waals surface area contributed by atoms with E-state index in [9.17, 15) is 8.78 Å². The molecule has 0 spiro atoms. The highest BCUT2D eigenvalue weighted by Gasteiger charge is 2.26. The molecule has 4 N–H and O–H groups in total. The Hall–Kier alpha value is -3.63. The molecule has 5 heterocycles. The normalized spacial score (nSPS) is 16.3.